The third-order valence-electron chi connectivity index (χ3n) is 2.72. The van der Waals surface area contributed by atoms with Gasteiger partial charge in [-0.1, -0.05) is 29.3 Å². The molecule has 0 spiro atoms. The molecule has 0 amide bonds. The van der Waals surface area contributed by atoms with Gasteiger partial charge in [0.2, 0.25) is 5.89 Å². The summed E-state index contributed by atoms with van der Waals surface area (Å²) in [6.45, 7) is 1.99. The van der Waals surface area contributed by atoms with Gasteiger partial charge in [-0.15, -0.1) is 33.3 Å². The topological polar surface area (TPSA) is 38.9 Å². The van der Waals surface area contributed by atoms with Gasteiger partial charge in [0, 0.05) is 9.92 Å². The van der Waals surface area contributed by atoms with E-state index in [9.17, 15) is 0 Å². The molecule has 21 heavy (non-hydrogen) atoms. The minimum Gasteiger partial charge on any atom is -0.419 e. The lowest BCUT2D eigenvalue weighted by Gasteiger charge is -2.08. The van der Waals surface area contributed by atoms with Gasteiger partial charge in [-0.05, 0) is 36.6 Å². The Balaban J connectivity index is 1.79. The number of rotatable bonds is 4. The highest BCUT2D eigenvalue weighted by molar-refractivity contribution is 7.99. The molecule has 3 aromatic rings. The van der Waals surface area contributed by atoms with Gasteiger partial charge in [0.05, 0.1) is 15.1 Å². The Labute approximate surface area is 140 Å². The molecule has 0 fully saturated rings. The standard InChI is InChI=1S/C14H10Cl2N2OS2/c1-8(21-12-7-9(15)4-5-10(12)16)13-17-18-14(19-13)11-3-2-6-20-11/h2-8H,1H3/t8-/m0/s1. The molecule has 0 saturated heterocycles. The average molecular weight is 357 g/mol. The third-order valence-corrected chi connectivity index (χ3v) is 5.40. The highest BCUT2D eigenvalue weighted by Gasteiger charge is 2.18. The zero-order valence-electron chi connectivity index (χ0n) is 10.9. The average Bonchev–Trinajstić information content (AvgIpc) is 3.12. The summed E-state index contributed by atoms with van der Waals surface area (Å²) in [6.07, 6.45) is 0. The molecule has 108 valence electrons. The molecule has 2 heterocycles. The molecule has 7 heteroatoms. The predicted octanol–water partition coefficient (Wildman–Crippen LogP) is 5.96. The lowest BCUT2D eigenvalue weighted by molar-refractivity contribution is 0.510. The van der Waals surface area contributed by atoms with Crippen molar-refractivity contribution in [3.05, 3.63) is 51.6 Å². The van der Waals surface area contributed by atoms with Crippen molar-refractivity contribution in [3.63, 3.8) is 0 Å². The first-order valence-electron chi connectivity index (χ1n) is 6.12. The van der Waals surface area contributed by atoms with Gasteiger partial charge in [0.1, 0.15) is 0 Å². The van der Waals surface area contributed by atoms with E-state index in [-0.39, 0.29) is 5.25 Å². The summed E-state index contributed by atoms with van der Waals surface area (Å²) in [5, 5.41) is 11.5. The molecular formula is C14H10Cl2N2OS2. The van der Waals surface area contributed by atoms with Crippen molar-refractivity contribution in [2.24, 2.45) is 0 Å². The summed E-state index contributed by atoms with van der Waals surface area (Å²) in [4.78, 5) is 1.86. The largest absolute Gasteiger partial charge is 0.419 e. The molecule has 0 saturated carbocycles. The van der Waals surface area contributed by atoms with Crippen LogP contribution in [0.1, 0.15) is 18.1 Å². The quantitative estimate of drug-likeness (QED) is 0.540. The molecule has 1 atom stereocenters. The zero-order chi connectivity index (χ0) is 14.8. The minimum atomic E-state index is -0.0119. The van der Waals surface area contributed by atoms with Crippen LogP contribution in [0.4, 0.5) is 0 Å². The molecule has 2 aromatic heterocycles. The fourth-order valence-corrected chi connectivity index (χ4v) is 3.79. The van der Waals surface area contributed by atoms with Gasteiger partial charge in [-0.2, -0.15) is 0 Å². The summed E-state index contributed by atoms with van der Waals surface area (Å²) in [6, 6.07) is 9.28. The summed E-state index contributed by atoms with van der Waals surface area (Å²) >= 11 is 15.3. The molecular weight excluding hydrogens is 347 g/mol. The van der Waals surface area contributed by atoms with Gasteiger partial charge >= 0.3 is 0 Å². The molecule has 0 N–H and O–H groups in total. The summed E-state index contributed by atoms with van der Waals surface area (Å²) < 4.78 is 5.72. The molecule has 0 aliphatic heterocycles. The number of thiophene rings is 1. The van der Waals surface area contributed by atoms with Gasteiger partial charge in [0.25, 0.3) is 5.89 Å². The van der Waals surface area contributed by atoms with E-state index < -0.39 is 0 Å². The van der Waals surface area contributed by atoms with Crippen LogP contribution in [0.5, 0.6) is 0 Å². The molecule has 0 unspecified atom stereocenters. The van der Waals surface area contributed by atoms with Crippen LogP contribution in [-0.4, -0.2) is 10.2 Å². The number of aromatic nitrogens is 2. The van der Waals surface area contributed by atoms with Crippen LogP contribution < -0.4 is 0 Å². The molecule has 0 bridgehead atoms. The molecule has 3 rings (SSSR count). The van der Waals surface area contributed by atoms with E-state index in [1.807, 2.05) is 30.5 Å². The first kappa shape index (κ1) is 14.9. The highest BCUT2D eigenvalue weighted by atomic mass is 35.5. The predicted molar refractivity (Wildman–Crippen MR) is 88.3 cm³/mol. The van der Waals surface area contributed by atoms with Crippen LogP contribution in [0.15, 0.2) is 45.0 Å². The van der Waals surface area contributed by atoms with Crippen LogP contribution in [0.25, 0.3) is 10.8 Å². The minimum absolute atomic E-state index is 0.0119. The van der Waals surface area contributed by atoms with Crippen LogP contribution in [0, 0.1) is 0 Å². The normalized spacial score (nSPS) is 12.5. The molecule has 0 radical (unpaired) electrons. The highest BCUT2D eigenvalue weighted by Crippen LogP contribution is 2.39. The van der Waals surface area contributed by atoms with Crippen molar-refractivity contribution >= 4 is 46.3 Å². The smallest absolute Gasteiger partial charge is 0.257 e. The van der Waals surface area contributed by atoms with E-state index in [0.717, 1.165) is 9.77 Å². The number of nitrogens with zero attached hydrogens (tertiary/aromatic N) is 2. The molecule has 3 nitrogen and oxygen atoms in total. The zero-order valence-corrected chi connectivity index (χ0v) is 14.1. The lowest BCUT2D eigenvalue weighted by Crippen LogP contribution is -1.89. The Hall–Kier alpha value is -1.01. The van der Waals surface area contributed by atoms with Crippen molar-refractivity contribution in [3.8, 4) is 10.8 Å². The summed E-state index contributed by atoms with van der Waals surface area (Å²) in [7, 11) is 0. The van der Waals surface area contributed by atoms with E-state index in [1.54, 1.807) is 23.5 Å². The first-order chi connectivity index (χ1) is 10.1. The molecule has 0 aliphatic carbocycles. The van der Waals surface area contributed by atoms with E-state index in [2.05, 4.69) is 10.2 Å². The van der Waals surface area contributed by atoms with Gasteiger partial charge in [0.15, 0.2) is 0 Å². The second-order valence-electron chi connectivity index (χ2n) is 4.26. The maximum atomic E-state index is 6.17. The number of benzene rings is 1. The second-order valence-corrected chi connectivity index (χ2v) is 7.43. The maximum absolute atomic E-state index is 6.17. The van der Waals surface area contributed by atoms with Crippen molar-refractivity contribution in [2.75, 3.05) is 0 Å². The van der Waals surface area contributed by atoms with Gasteiger partial charge in [-0.3, -0.25) is 0 Å². The van der Waals surface area contributed by atoms with E-state index >= 15 is 0 Å². The Bertz CT molecular complexity index is 743. The van der Waals surface area contributed by atoms with Crippen LogP contribution in [-0.2, 0) is 0 Å². The van der Waals surface area contributed by atoms with Crippen LogP contribution in [0.2, 0.25) is 10.0 Å². The molecule has 1 aromatic carbocycles. The summed E-state index contributed by atoms with van der Waals surface area (Å²) in [5.41, 5.74) is 0. The van der Waals surface area contributed by atoms with Crippen molar-refractivity contribution in [2.45, 2.75) is 17.1 Å². The Kier molecular flexibility index (Phi) is 4.54. The Morgan fingerprint density at radius 3 is 2.86 bits per heavy atom. The fourth-order valence-electron chi connectivity index (χ4n) is 1.71. The van der Waals surface area contributed by atoms with E-state index in [0.29, 0.717) is 21.8 Å². The van der Waals surface area contributed by atoms with Gasteiger partial charge in [-0.25, -0.2) is 0 Å². The fraction of sp³-hybridized carbons (Fsp3) is 0.143. The number of hydrogen-bond donors (Lipinski definition) is 0. The van der Waals surface area contributed by atoms with Crippen LogP contribution in [0.3, 0.4) is 0 Å². The summed E-state index contributed by atoms with van der Waals surface area (Å²) in [5.74, 6) is 1.11. The third kappa shape index (κ3) is 3.43. The van der Waals surface area contributed by atoms with Crippen molar-refractivity contribution in [1.29, 1.82) is 0 Å². The number of thioether (sulfide) groups is 1. The monoisotopic (exact) mass is 356 g/mol. The maximum Gasteiger partial charge on any atom is 0.257 e. The number of halogens is 2. The van der Waals surface area contributed by atoms with Gasteiger partial charge < -0.3 is 4.42 Å². The van der Waals surface area contributed by atoms with Crippen molar-refractivity contribution in [1.82, 2.24) is 10.2 Å². The Morgan fingerprint density at radius 1 is 1.24 bits per heavy atom. The van der Waals surface area contributed by atoms with Crippen LogP contribution >= 0.6 is 46.3 Å². The van der Waals surface area contributed by atoms with Crippen molar-refractivity contribution < 1.29 is 4.42 Å². The SMILES string of the molecule is C[C@H](Sc1cc(Cl)ccc1Cl)c1nnc(-c2cccs2)o1. The first-order valence-corrected chi connectivity index (χ1v) is 8.64. The second kappa shape index (κ2) is 6.40. The van der Waals surface area contributed by atoms with E-state index in [1.165, 1.54) is 11.8 Å². The van der Waals surface area contributed by atoms with E-state index in [4.69, 9.17) is 27.6 Å². The lowest BCUT2D eigenvalue weighted by atomic mass is 10.4. The molecule has 0 aliphatic rings. The number of hydrogen-bond acceptors (Lipinski definition) is 5. The Morgan fingerprint density at radius 2 is 2.10 bits per heavy atom.